The van der Waals surface area contributed by atoms with Crippen molar-refractivity contribution in [3.8, 4) is 0 Å². The van der Waals surface area contributed by atoms with Crippen LogP contribution in [0.5, 0.6) is 0 Å². The Morgan fingerprint density at radius 1 is 0.643 bits per heavy atom. The van der Waals surface area contributed by atoms with E-state index >= 15 is 0 Å². The van der Waals surface area contributed by atoms with Crippen molar-refractivity contribution in [1.29, 1.82) is 0 Å². The van der Waals surface area contributed by atoms with E-state index in [0.29, 0.717) is 52.9 Å². The second-order valence-electron chi connectivity index (χ2n) is 5.36. The van der Waals surface area contributed by atoms with Crippen LogP contribution in [-0.4, -0.2) is 70.6 Å². The molecule has 0 saturated heterocycles. The Hall–Kier alpha value is 0.830. The number of carbonyl (C=O) groups is 1. The zero-order valence-corrected chi connectivity index (χ0v) is 20.1. The molecule has 0 fully saturated rings. The van der Waals surface area contributed by atoms with Crippen molar-refractivity contribution >= 4 is 76.9 Å². The summed E-state index contributed by atoms with van der Waals surface area (Å²) in [6, 6.07) is 0. The van der Waals surface area contributed by atoms with Crippen molar-refractivity contribution in [2.75, 3.05) is 64.4 Å². The molecule has 0 bridgehead atoms. The van der Waals surface area contributed by atoms with E-state index in [2.05, 4.69) is 0 Å². The Morgan fingerprint density at radius 2 is 1.14 bits per heavy atom. The van der Waals surface area contributed by atoms with E-state index in [4.69, 9.17) is 18.9 Å². The lowest BCUT2D eigenvalue weighted by atomic mass is 10.7. The van der Waals surface area contributed by atoms with E-state index in [-0.39, 0.29) is 0 Å². The number of carbonyl (C=O) groups excluding carboxylic acids is 1. The Kier molecular flexibility index (Phi) is 11.7. The summed E-state index contributed by atoms with van der Waals surface area (Å²) >= 11 is 10.5. The van der Waals surface area contributed by atoms with Crippen LogP contribution in [0.3, 0.4) is 0 Å². The summed E-state index contributed by atoms with van der Waals surface area (Å²) in [7, 11) is 0. The van der Waals surface area contributed by atoms with Crippen LogP contribution in [0.2, 0.25) is 0 Å². The third kappa shape index (κ3) is 8.16. The summed E-state index contributed by atoms with van der Waals surface area (Å²) in [5, 5.41) is 1.93. The molecule has 0 aromatic rings. The molecule has 0 N–H and O–H groups in total. The van der Waals surface area contributed by atoms with Gasteiger partial charge in [0.2, 0.25) is 0 Å². The van der Waals surface area contributed by atoms with Gasteiger partial charge in [-0.3, -0.25) is 4.79 Å². The average Bonchev–Trinajstić information content (AvgIpc) is 3.34. The highest BCUT2D eigenvalue weighted by molar-refractivity contribution is 8.42. The largest absolute Gasteiger partial charge is 0.378 e. The molecule has 0 amide bonds. The molecule has 156 valence electrons. The van der Waals surface area contributed by atoms with Gasteiger partial charge in [0.15, 0.2) is 6.29 Å². The topological polar surface area (TPSA) is 54.0 Å². The standard InChI is InChI=1S/C17H22O5S6/c18-11-13-12-25-16(26-13)17-27-14-15(28-17)24-10-8-22-6-4-20-2-1-19-3-5-21-7-9-23-14/h11-12H,1-10H2. The van der Waals surface area contributed by atoms with Crippen LogP contribution in [0.1, 0.15) is 0 Å². The fraction of sp³-hybridized carbons (Fsp3) is 0.588. The molecular weight excluding hydrogens is 477 g/mol. The molecule has 3 rings (SSSR count). The fourth-order valence-corrected chi connectivity index (χ4v) is 10.2. The lowest BCUT2D eigenvalue weighted by molar-refractivity contribution is -0.104. The lowest BCUT2D eigenvalue weighted by Crippen LogP contribution is -2.13. The van der Waals surface area contributed by atoms with Gasteiger partial charge in [-0.15, -0.1) is 23.5 Å². The summed E-state index contributed by atoms with van der Waals surface area (Å²) in [4.78, 5) is 11.8. The Morgan fingerprint density at radius 3 is 1.61 bits per heavy atom. The predicted molar refractivity (Wildman–Crippen MR) is 127 cm³/mol. The number of ether oxygens (including phenoxy) is 4. The highest BCUT2D eigenvalue weighted by Gasteiger charge is 2.27. The quantitative estimate of drug-likeness (QED) is 0.469. The first-order valence-corrected chi connectivity index (χ1v) is 14.1. The number of hydrogen-bond acceptors (Lipinski definition) is 11. The van der Waals surface area contributed by atoms with E-state index in [0.717, 1.165) is 22.7 Å². The van der Waals surface area contributed by atoms with Crippen LogP contribution in [0.25, 0.3) is 0 Å². The zero-order valence-electron chi connectivity index (χ0n) is 15.2. The molecule has 0 aliphatic carbocycles. The van der Waals surface area contributed by atoms with Gasteiger partial charge in [-0.1, -0.05) is 47.0 Å². The van der Waals surface area contributed by atoms with Crippen LogP contribution >= 0.6 is 70.6 Å². The van der Waals surface area contributed by atoms with Crippen molar-refractivity contribution in [2.24, 2.45) is 0 Å². The Bertz CT molecular complexity index is 589. The first-order chi connectivity index (χ1) is 13.9. The molecule has 28 heavy (non-hydrogen) atoms. The highest BCUT2D eigenvalue weighted by atomic mass is 32.3. The molecule has 0 spiro atoms. The Balaban J connectivity index is 1.54. The molecule has 0 radical (unpaired) electrons. The third-order valence-corrected chi connectivity index (χ3v) is 11.6. The van der Waals surface area contributed by atoms with Gasteiger partial charge in [-0.25, -0.2) is 0 Å². The molecule has 3 aliphatic rings. The second kappa shape index (κ2) is 14.0. The van der Waals surface area contributed by atoms with Crippen molar-refractivity contribution < 1.29 is 23.7 Å². The van der Waals surface area contributed by atoms with Crippen LogP contribution in [0.15, 0.2) is 27.3 Å². The van der Waals surface area contributed by atoms with E-state index < -0.39 is 0 Å². The molecule has 0 atom stereocenters. The number of allylic oxidation sites excluding steroid dienone is 1. The highest BCUT2D eigenvalue weighted by Crippen LogP contribution is 2.62. The number of hydrogen-bond donors (Lipinski definition) is 0. The first-order valence-electron chi connectivity index (χ1n) is 8.77. The maximum Gasteiger partial charge on any atom is 0.157 e. The number of aldehydes is 1. The number of thioether (sulfide) groups is 6. The van der Waals surface area contributed by atoms with Gasteiger partial charge in [-0.2, -0.15) is 0 Å². The summed E-state index contributed by atoms with van der Waals surface area (Å²) in [5.74, 6) is 1.82. The van der Waals surface area contributed by atoms with Gasteiger partial charge in [-0.05, 0) is 5.41 Å². The lowest BCUT2D eigenvalue weighted by Gasteiger charge is -2.09. The molecule has 3 aliphatic heterocycles. The van der Waals surface area contributed by atoms with Gasteiger partial charge < -0.3 is 18.9 Å². The van der Waals surface area contributed by atoms with Crippen LogP contribution < -0.4 is 0 Å². The molecule has 3 heterocycles. The molecule has 0 saturated carbocycles. The minimum atomic E-state index is 0.589. The first kappa shape index (κ1) is 23.5. The second-order valence-corrected chi connectivity index (χ2v) is 12.6. The van der Waals surface area contributed by atoms with Crippen molar-refractivity contribution in [3.63, 3.8) is 0 Å². The molecule has 5 nitrogen and oxygen atoms in total. The Labute approximate surface area is 191 Å². The van der Waals surface area contributed by atoms with Crippen LogP contribution in [0, 0.1) is 0 Å². The predicted octanol–water partition coefficient (Wildman–Crippen LogP) is 4.79. The summed E-state index contributed by atoms with van der Waals surface area (Å²) in [5.41, 5.74) is 0. The van der Waals surface area contributed by atoms with Gasteiger partial charge in [0, 0.05) is 11.5 Å². The van der Waals surface area contributed by atoms with Gasteiger partial charge >= 0.3 is 0 Å². The third-order valence-electron chi connectivity index (χ3n) is 3.35. The van der Waals surface area contributed by atoms with Crippen LogP contribution in [0.4, 0.5) is 0 Å². The summed E-state index contributed by atoms with van der Waals surface area (Å²) in [6.45, 7) is 4.98. The van der Waals surface area contributed by atoms with E-state index in [1.165, 1.54) is 16.9 Å². The van der Waals surface area contributed by atoms with Crippen molar-refractivity contribution in [3.05, 3.63) is 27.3 Å². The summed E-state index contributed by atoms with van der Waals surface area (Å²) < 4.78 is 27.4. The van der Waals surface area contributed by atoms with Gasteiger partial charge in [0.05, 0.1) is 74.7 Å². The zero-order chi connectivity index (χ0) is 19.4. The maximum absolute atomic E-state index is 11.0. The molecule has 0 aromatic heterocycles. The van der Waals surface area contributed by atoms with Gasteiger partial charge in [0.25, 0.3) is 0 Å². The molecule has 0 unspecified atom stereocenters. The van der Waals surface area contributed by atoms with E-state index in [1.54, 1.807) is 23.5 Å². The van der Waals surface area contributed by atoms with E-state index in [1.807, 2.05) is 52.5 Å². The number of rotatable bonds is 1. The van der Waals surface area contributed by atoms with E-state index in [9.17, 15) is 4.79 Å². The SMILES string of the molecule is O=CC1=CSC(=C2SC3=C(SCCOCCOCCOCCOCCS3)S2)S1. The molecular formula is C17H22O5S6. The van der Waals surface area contributed by atoms with Gasteiger partial charge in [0.1, 0.15) is 0 Å². The summed E-state index contributed by atoms with van der Waals surface area (Å²) in [6.07, 6.45) is 0.924. The monoisotopic (exact) mass is 498 g/mol. The smallest absolute Gasteiger partial charge is 0.157 e. The molecule has 0 aromatic carbocycles. The molecule has 11 heteroatoms. The van der Waals surface area contributed by atoms with Crippen molar-refractivity contribution in [1.82, 2.24) is 0 Å². The minimum absolute atomic E-state index is 0.589. The fourth-order valence-electron chi connectivity index (χ4n) is 2.09. The minimum Gasteiger partial charge on any atom is -0.378 e. The maximum atomic E-state index is 11.0. The van der Waals surface area contributed by atoms with Crippen molar-refractivity contribution in [2.45, 2.75) is 0 Å². The van der Waals surface area contributed by atoms with Crippen LogP contribution in [-0.2, 0) is 23.7 Å². The normalized spacial score (nSPS) is 24.5. The average molecular weight is 499 g/mol.